The van der Waals surface area contributed by atoms with Gasteiger partial charge in [0.25, 0.3) is 5.91 Å². The number of alkyl halides is 3. The number of hydrogen-bond donors (Lipinski definition) is 1. The van der Waals surface area contributed by atoms with E-state index >= 15 is 4.39 Å². The van der Waals surface area contributed by atoms with Gasteiger partial charge in [-0.2, -0.15) is 18.4 Å². The first-order valence-electron chi connectivity index (χ1n) is 12.4. The lowest BCUT2D eigenvalue weighted by atomic mass is 9.98. The molecule has 0 radical (unpaired) electrons. The summed E-state index contributed by atoms with van der Waals surface area (Å²) >= 11 is 5.49. The molecule has 0 saturated carbocycles. The maximum absolute atomic E-state index is 15.1. The van der Waals surface area contributed by atoms with Crippen molar-refractivity contribution in [3.8, 4) is 11.8 Å². The molecule has 4 rings (SSSR count). The van der Waals surface area contributed by atoms with Gasteiger partial charge in [-0.05, 0) is 88.2 Å². The predicted molar refractivity (Wildman–Crippen MR) is 141 cm³/mol. The minimum absolute atomic E-state index is 0.00951. The summed E-state index contributed by atoms with van der Waals surface area (Å²) in [5.74, 6) is -2.09. The number of carboxylic acid groups (broad SMARTS) is 1. The van der Waals surface area contributed by atoms with E-state index in [1.165, 1.54) is 43.0 Å². The number of rotatable bonds is 7. The number of aliphatic carboxylic acids is 1. The third-order valence-corrected chi connectivity index (χ3v) is 7.43. The van der Waals surface area contributed by atoms with Gasteiger partial charge in [0.1, 0.15) is 5.54 Å². The number of carbonyl (C=O) groups excluding carboxylic acids is 1. The van der Waals surface area contributed by atoms with Crippen molar-refractivity contribution in [2.45, 2.75) is 38.4 Å². The lowest BCUT2D eigenvalue weighted by Gasteiger charge is -2.31. The molecule has 0 spiro atoms. The van der Waals surface area contributed by atoms with Crippen LogP contribution in [0.2, 0.25) is 0 Å². The molecule has 0 aromatic heterocycles. The normalized spacial score (nSPS) is 18.2. The lowest BCUT2D eigenvalue weighted by Crippen LogP contribution is -2.44. The first-order valence-corrected chi connectivity index (χ1v) is 12.8. The number of carboxylic acids is 1. The first-order chi connectivity index (χ1) is 18.7. The van der Waals surface area contributed by atoms with Crippen molar-refractivity contribution in [3.05, 3.63) is 53.3 Å². The van der Waals surface area contributed by atoms with E-state index in [0.29, 0.717) is 32.0 Å². The van der Waals surface area contributed by atoms with Gasteiger partial charge in [0.05, 0.1) is 36.0 Å². The topological polar surface area (TPSA) is 97.1 Å². The van der Waals surface area contributed by atoms with Gasteiger partial charge in [0.15, 0.2) is 16.7 Å². The summed E-state index contributed by atoms with van der Waals surface area (Å²) in [7, 11) is 0. The number of nitriles is 1. The minimum Gasteiger partial charge on any atom is -0.490 e. The van der Waals surface area contributed by atoms with Crippen molar-refractivity contribution in [2.24, 2.45) is 5.92 Å². The second-order valence-electron chi connectivity index (χ2n) is 10.2. The summed E-state index contributed by atoms with van der Waals surface area (Å²) < 4.78 is 61.4. The molecule has 40 heavy (non-hydrogen) atoms. The van der Waals surface area contributed by atoms with Crippen molar-refractivity contribution in [3.63, 3.8) is 0 Å². The van der Waals surface area contributed by atoms with Gasteiger partial charge >= 0.3 is 12.1 Å². The number of piperidine rings is 1. The molecular formula is C27H26F4N4O4S. The zero-order valence-corrected chi connectivity index (χ0v) is 22.5. The number of nitrogens with zero attached hydrogens (tertiary/aromatic N) is 4. The van der Waals surface area contributed by atoms with Crippen molar-refractivity contribution in [1.29, 1.82) is 5.26 Å². The highest BCUT2D eigenvalue weighted by molar-refractivity contribution is 7.81. The predicted octanol–water partition coefficient (Wildman–Crippen LogP) is 4.81. The fraction of sp³-hybridized carbons (Fsp3) is 0.407. The van der Waals surface area contributed by atoms with Gasteiger partial charge in [-0.25, -0.2) is 4.39 Å². The molecule has 2 fully saturated rings. The molecule has 0 unspecified atom stereocenters. The summed E-state index contributed by atoms with van der Waals surface area (Å²) in [6, 6.07) is 8.45. The van der Waals surface area contributed by atoms with Gasteiger partial charge in [0, 0.05) is 11.8 Å². The van der Waals surface area contributed by atoms with Crippen LogP contribution in [0.15, 0.2) is 36.4 Å². The number of halogens is 4. The molecule has 2 saturated heterocycles. The Morgan fingerprint density at radius 2 is 1.82 bits per heavy atom. The van der Waals surface area contributed by atoms with Gasteiger partial charge in [0.2, 0.25) is 0 Å². The van der Waals surface area contributed by atoms with Crippen LogP contribution in [-0.2, 0) is 15.8 Å². The van der Waals surface area contributed by atoms with Crippen molar-refractivity contribution < 1.29 is 37.0 Å². The van der Waals surface area contributed by atoms with E-state index in [9.17, 15) is 22.8 Å². The maximum Gasteiger partial charge on any atom is 0.417 e. The molecule has 2 aliphatic rings. The molecule has 1 amide bonds. The maximum atomic E-state index is 15.1. The van der Waals surface area contributed by atoms with Gasteiger partial charge < -0.3 is 14.7 Å². The largest absolute Gasteiger partial charge is 0.490 e. The Balaban J connectivity index is 1.51. The number of ether oxygens (including phenoxy) is 1. The summed E-state index contributed by atoms with van der Waals surface area (Å²) in [4.78, 5) is 28.4. The SMILES string of the molecule is CC1(C)C(=O)N(c2ccc(C#N)c(C(F)(F)F)c2)C(=S)N1c1ccc(OCC2CCN(CC(=O)O)CC2)c(F)c1. The number of amides is 1. The van der Waals surface area contributed by atoms with Crippen LogP contribution in [0.1, 0.15) is 37.8 Å². The number of anilines is 2. The van der Waals surface area contributed by atoms with E-state index in [1.54, 1.807) is 0 Å². The number of hydrogen-bond acceptors (Lipinski definition) is 6. The van der Waals surface area contributed by atoms with Gasteiger partial charge in [-0.1, -0.05) is 0 Å². The van der Waals surface area contributed by atoms with Gasteiger partial charge in [-0.15, -0.1) is 0 Å². The molecule has 2 aromatic carbocycles. The first kappa shape index (κ1) is 29.2. The molecule has 0 aliphatic carbocycles. The Morgan fingerprint density at radius 3 is 2.40 bits per heavy atom. The zero-order chi connectivity index (χ0) is 29.4. The third-order valence-electron chi connectivity index (χ3n) is 7.07. The van der Waals surface area contributed by atoms with Crippen LogP contribution in [0.4, 0.5) is 28.9 Å². The average Bonchev–Trinajstić information content (AvgIpc) is 3.06. The zero-order valence-electron chi connectivity index (χ0n) is 21.7. The number of carbonyl (C=O) groups is 2. The summed E-state index contributed by atoms with van der Waals surface area (Å²) in [6.07, 6.45) is -3.39. The fourth-order valence-electron chi connectivity index (χ4n) is 4.92. The standard InChI is InChI=1S/C27H26F4N4O4S/c1-26(2)24(38)34(18-4-3-17(13-32)20(11-18)27(29,30)31)25(40)35(26)19-5-6-22(21(28)12-19)39-15-16-7-9-33(10-8-16)14-23(36)37/h3-6,11-12,16H,7-10,14-15H2,1-2H3,(H,36,37). The lowest BCUT2D eigenvalue weighted by molar-refractivity contribution is -0.139. The van der Waals surface area contributed by atoms with Crippen molar-refractivity contribution in [1.82, 2.24) is 4.90 Å². The second-order valence-corrected chi connectivity index (χ2v) is 10.6. The van der Waals surface area contributed by atoms with Crippen LogP contribution in [0.3, 0.4) is 0 Å². The molecule has 212 valence electrons. The Labute approximate surface area is 233 Å². The molecule has 2 aromatic rings. The van der Waals surface area contributed by atoms with Crippen molar-refractivity contribution >= 4 is 40.6 Å². The van der Waals surface area contributed by atoms with Crippen LogP contribution < -0.4 is 14.5 Å². The van der Waals surface area contributed by atoms with E-state index in [4.69, 9.17) is 27.3 Å². The third kappa shape index (κ3) is 5.73. The van der Waals surface area contributed by atoms with Crippen LogP contribution in [0.25, 0.3) is 0 Å². The Bertz CT molecular complexity index is 1380. The molecule has 8 nitrogen and oxygen atoms in total. The van der Waals surface area contributed by atoms with Crippen LogP contribution in [0, 0.1) is 23.1 Å². The number of thiocarbonyl (C=S) groups is 1. The minimum atomic E-state index is -4.82. The van der Waals surface area contributed by atoms with E-state index in [1.807, 2.05) is 4.90 Å². The van der Waals surface area contributed by atoms with E-state index < -0.39 is 40.5 Å². The number of benzene rings is 2. The van der Waals surface area contributed by atoms with E-state index in [-0.39, 0.29) is 41.3 Å². The molecule has 1 N–H and O–H groups in total. The van der Waals surface area contributed by atoms with Gasteiger partial charge in [-0.3, -0.25) is 19.4 Å². The number of likely N-dealkylation sites (tertiary alicyclic amines) is 1. The molecule has 2 heterocycles. The van der Waals surface area contributed by atoms with E-state index in [2.05, 4.69) is 0 Å². The quantitative estimate of drug-likeness (QED) is 0.370. The highest BCUT2D eigenvalue weighted by Crippen LogP contribution is 2.40. The molecule has 13 heteroatoms. The highest BCUT2D eigenvalue weighted by atomic mass is 32.1. The fourth-order valence-corrected chi connectivity index (χ4v) is 5.44. The molecule has 2 aliphatic heterocycles. The molecule has 0 atom stereocenters. The molecule has 0 bridgehead atoms. The second kappa shape index (κ2) is 11.0. The van der Waals surface area contributed by atoms with Crippen LogP contribution in [-0.4, -0.2) is 58.8 Å². The monoisotopic (exact) mass is 578 g/mol. The smallest absolute Gasteiger partial charge is 0.417 e. The Morgan fingerprint density at radius 1 is 1.18 bits per heavy atom. The summed E-state index contributed by atoms with van der Waals surface area (Å²) in [6.45, 7) is 4.49. The summed E-state index contributed by atoms with van der Waals surface area (Å²) in [5, 5.41) is 17.9. The average molecular weight is 579 g/mol. The highest BCUT2D eigenvalue weighted by Gasteiger charge is 2.51. The van der Waals surface area contributed by atoms with Crippen LogP contribution >= 0.6 is 12.2 Å². The van der Waals surface area contributed by atoms with E-state index in [0.717, 1.165) is 17.0 Å². The van der Waals surface area contributed by atoms with Crippen molar-refractivity contribution in [2.75, 3.05) is 36.0 Å². The Hall–Kier alpha value is -3.76. The Kier molecular flexibility index (Phi) is 8.05. The molecular weight excluding hydrogens is 552 g/mol. The summed E-state index contributed by atoms with van der Waals surface area (Å²) in [5.41, 5.74) is -3.09. The van der Waals surface area contributed by atoms with Crippen LogP contribution in [0.5, 0.6) is 5.75 Å².